The molecule has 258 valence electrons. The number of likely N-dealkylation sites (tertiary alicyclic amines) is 1. The standard InChI is InChI=1S/C26H26F3NO10.C2HF3O2/c1-12(31)37-16(22(33)34)11-18(32)38-15-6-7-25(40-23(35)26(27,28)29)17-10-13-4-5-14(36-3)20-19(13)24(25,21(15)39-20)8-9-30(17)2;3-2(4,5)1(6)7/h4-6,16-17,21H,7-11H2,1-3H3,(H,33,34);(H,6,7)/t16-,17+,21-,24-,25+;/m0./s1. The molecule has 0 saturated carbocycles. The summed E-state index contributed by atoms with van der Waals surface area (Å²) in [6.45, 7) is 1.39. The van der Waals surface area contributed by atoms with Gasteiger partial charge in [0.05, 0.1) is 25.0 Å². The van der Waals surface area contributed by atoms with Gasteiger partial charge in [-0.3, -0.25) is 14.5 Å². The van der Waals surface area contributed by atoms with Gasteiger partial charge in [0.1, 0.15) is 11.4 Å². The quantitative estimate of drug-likeness (QED) is 0.244. The highest BCUT2D eigenvalue weighted by molar-refractivity contribution is 5.83. The van der Waals surface area contributed by atoms with Crippen molar-refractivity contribution >= 4 is 29.8 Å². The zero-order chi connectivity index (χ0) is 35.3. The first kappa shape index (κ1) is 35.3. The Labute approximate surface area is 260 Å². The Bertz CT molecular complexity index is 1520. The predicted octanol–water partition coefficient (Wildman–Crippen LogP) is 2.67. The van der Waals surface area contributed by atoms with Gasteiger partial charge in [-0.1, -0.05) is 6.07 Å². The number of ether oxygens (including phenoxy) is 5. The second-order valence-corrected chi connectivity index (χ2v) is 11.1. The van der Waals surface area contributed by atoms with Crippen LogP contribution in [0.25, 0.3) is 0 Å². The Hall–Kier alpha value is -4.55. The van der Waals surface area contributed by atoms with Crippen molar-refractivity contribution in [3.05, 3.63) is 35.1 Å². The summed E-state index contributed by atoms with van der Waals surface area (Å²) in [5.74, 6) is -8.19. The predicted molar refractivity (Wildman–Crippen MR) is 139 cm³/mol. The number of methoxy groups -OCH3 is 1. The Morgan fingerprint density at radius 1 is 1.09 bits per heavy atom. The lowest BCUT2D eigenvalue weighted by molar-refractivity contribution is -0.242. The second kappa shape index (κ2) is 12.2. The summed E-state index contributed by atoms with van der Waals surface area (Å²) in [6, 6.07) is 2.78. The first-order valence-electron chi connectivity index (χ1n) is 13.7. The maximum Gasteiger partial charge on any atom is 0.490 e. The highest BCUT2D eigenvalue weighted by Crippen LogP contribution is 2.66. The normalized spacial score (nSPS) is 26.2. The number of piperidine rings is 1. The van der Waals surface area contributed by atoms with E-state index in [4.69, 9.17) is 28.8 Å². The molecular formula is C28H27F6NO12. The molecule has 2 heterocycles. The summed E-state index contributed by atoms with van der Waals surface area (Å²) < 4.78 is 99.9. The number of carboxylic acids is 2. The molecule has 0 unspecified atom stereocenters. The van der Waals surface area contributed by atoms with Gasteiger partial charge in [0.15, 0.2) is 17.6 Å². The van der Waals surface area contributed by atoms with Gasteiger partial charge in [-0.25, -0.2) is 14.4 Å². The van der Waals surface area contributed by atoms with E-state index in [-0.39, 0.29) is 30.8 Å². The summed E-state index contributed by atoms with van der Waals surface area (Å²) in [5, 5.41) is 16.4. The van der Waals surface area contributed by atoms with Gasteiger partial charge in [0.2, 0.25) is 6.10 Å². The minimum atomic E-state index is -5.26. The SMILES string of the molecule is COc1ccc2c3c1O[C@H]1C(OC(=O)C[C@H](OC(C)=O)C(=O)O)=CC[C@@]4(OC(=O)C(F)(F)F)[C@@H](C2)N(C)CC[C@]314.O=C(O)C(F)(F)F. The first-order chi connectivity index (χ1) is 21.7. The van der Waals surface area contributed by atoms with Crippen molar-refractivity contribution in [1.29, 1.82) is 0 Å². The van der Waals surface area contributed by atoms with E-state index in [9.17, 15) is 50.6 Å². The molecule has 2 aliphatic carbocycles. The molecule has 1 aromatic carbocycles. The molecule has 0 radical (unpaired) electrons. The van der Waals surface area contributed by atoms with E-state index in [2.05, 4.69) is 4.74 Å². The highest BCUT2D eigenvalue weighted by atomic mass is 19.4. The largest absolute Gasteiger partial charge is 0.493 e. The molecule has 1 fully saturated rings. The van der Waals surface area contributed by atoms with Crippen LogP contribution in [0.3, 0.4) is 0 Å². The van der Waals surface area contributed by atoms with Gasteiger partial charge in [-0.05, 0) is 44.1 Å². The van der Waals surface area contributed by atoms with Gasteiger partial charge < -0.3 is 33.9 Å². The van der Waals surface area contributed by atoms with Gasteiger partial charge >= 0.3 is 42.2 Å². The second-order valence-electron chi connectivity index (χ2n) is 11.1. The van der Waals surface area contributed by atoms with E-state index < -0.39 is 77.9 Å². The number of carboxylic acid groups (broad SMARTS) is 2. The maximum absolute atomic E-state index is 13.6. The lowest BCUT2D eigenvalue weighted by atomic mass is 9.50. The van der Waals surface area contributed by atoms with Crippen LogP contribution in [0.5, 0.6) is 11.5 Å². The third kappa shape index (κ3) is 6.15. The van der Waals surface area contributed by atoms with E-state index in [0.29, 0.717) is 17.9 Å². The van der Waals surface area contributed by atoms with Crippen LogP contribution in [-0.4, -0.2) is 102 Å². The zero-order valence-electron chi connectivity index (χ0n) is 24.7. The number of nitrogens with zero attached hydrogens (tertiary/aromatic N) is 1. The molecule has 19 heteroatoms. The zero-order valence-corrected chi connectivity index (χ0v) is 24.7. The number of carbonyl (C=O) groups is 5. The molecule has 1 aromatic rings. The number of hydrogen-bond donors (Lipinski definition) is 2. The molecule has 2 N–H and O–H groups in total. The molecule has 47 heavy (non-hydrogen) atoms. The molecule has 0 aromatic heterocycles. The van der Waals surface area contributed by atoms with E-state index in [1.807, 2.05) is 4.90 Å². The third-order valence-corrected chi connectivity index (χ3v) is 8.44. The van der Waals surface area contributed by atoms with Crippen molar-refractivity contribution in [3.8, 4) is 11.5 Å². The van der Waals surface area contributed by atoms with Gasteiger partial charge in [-0.2, -0.15) is 26.3 Å². The van der Waals surface area contributed by atoms with Crippen LogP contribution in [0.15, 0.2) is 24.0 Å². The van der Waals surface area contributed by atoms with Crippen LogP contribution in [0.4, 0.5) is 26.3 Å². The van der Waals surface area contributed by atoms with Crippen molar-refractivity contribution in [2.75, 3.05) is 20.7 Å². The number of carbonyl (C=O) groups excluding carboxylic acids is 3. The minimum absolute atomic E-state index is 0.0787. The minimum Gasteiger partial charge on any atom is -0.493 e. The monoisotopic (exact) mass is 683 g/mol. The molecule has 4 aliphatic rings. The van der Waals surface area contributed by atoms with Gasteiger partial charge in [0.25, 0.3) is 0 Å². The molecule has 0 amide bonds. The lowest BCUT2D eigenvalue weighted by Gasteiger charge is -2.62. The summed E-state index contributed by atoms with van der Waals surface area (Å²) in [4.78, 5) is 58.7. The molecule has 1 spiro atoms. The summed E-state index contributed by atoms with van der Waals surface area (Å²) in [7, 11) is 3.14. The van der Waals surface area contributed by atoms with Crippen LogP contribution in [0.2, 0.25) is 0 Å². The van der Waals surface area contributed by atoms with Crippen LogP contribution in [-0.2, 0) is 50.0 Å². The Morgan fingerprint density at radius 2 is 1.72 bits per heavy atom. The lowest BCUT2D eigenvalue weighted by Crippen LogP contribution is -2.76. The highest BCUT2D eigenvalue weighted by Gasteiger charge is 2.75. The Balaban J connectivity index is 0.000000644. The van der Waals surface area contributed by atoms with Gasteiger partial charge in [-0.15, -0.1) is 0 Å². The molecule has 2 aliphatic heterocycles. The summed E-state index contributed by atoms with van der Waals surface area (Å²) >= 11 is 0. The smallest absolute Gasteiger partial charge is 0.490 e. The molecular weight excluding hydrogens is 656 g/mol. The fourth-order valence-electron chi connectivity index (χ4n) is 6.68. The number of alkyl halides is 6. The molecule has 5 rings (SSSR count). The van der Waals surface area contributed by atoms with Crippen molar-refractivity contribution in [2.24, 2.45) is 0 Å². The van der Waals surface area contributed by atoms with E-state index in [1.54, 1.807) is 19.2 Å². The van der Waals surface area contributed by atoms with Crippen molar-refractivity contribution in [2.45, 2.75) is 74.2 Å². The number of esters is 3. The van der Waals surface area contributed by atoms with Crippen molar-refractivity contribution in [3.63, 3.8) is 0 Å². The Morgan fingerprint density at radius 3 is 2.26 bits per heavy atom. The number of rotatable bonds is 7. The van der Waals surface area contributed by atoms with Crippen LogP contribution < -0.4 is 9.47 Å². The number of likely N-dealkylation sites (N-methyl/N-ethyl adjacent to an activating group) is 1. The van der Waals surface area contributed by atoms with Crippen molar-refractivity contribution in [1.82, 2.24) is 4.90 Å². The number of hydrogen-bond acceptors (Lipinski definition) is 11. The van der Waals surface area contributed by atoms with Crippen molar-refractivity contribution < 1.29 is 84.2 Å². The molecule has 5 atom stereocenters. The fraction of sp³-hybridized carbons (Fsp3) is 0.536. The van der Waals surface area contributed by atoms with Crippen LogP contribution in [0.1, 0.15) is 37.3 Å². The maximum atomic E-state index is 13.6. The topological polar surface area (TPSA) is 175 Å². The average Bonchev–Trinajstić information content (AvgIpc) is 3.31. The average molecular weight is 684 g/mol. The van der Waals surface area contributed by atoms with Crippen LogP contribution in [0, 0.1) is 0 Å². The summed E-state index contributed by atoms with van der Waals surface area (Å²) in [6.07, 6.45) is -12.6. The number of aliphatic carboxylic acids is 2. The van der Waals surface area contributed by atoms with Gasteiger partial charge in [0, 0.05) is 18.9 Å². The third-order valence-electron chi connectivity index (χ3n) is 8.44. The number of benzene rings is 1. The number of halogens is 6. The van der Waals surface area contributed by atoms with E-state index in [0.717, 1.165) is 12.5 Å². The fourth-order valence-corrected chi connectivity index (χ4v) is 6.68. The van der Waals surface area contributed by atoms with E-state index in [1.165, 1.54) is 13.2 Å². The molecule has 13 nitrogen and oxygen atoms in total. The summed E-state index contributed by atoms with van der Waals surface area (Å²) in [5.41, 5.74) is -1.82. The van der Waals surface area contributed by atoms with Crippen LogP contribution >= 0.6 is 0 Å². The molecule has 2 bridgehead atoms. The Kier molecular flexibility index (Phi) is 9.19. The van der Waals surface area contributed by atoms with E-state index >= 15 is 0 Å². The molecule has 1 saturated heterocycles. The first-order valence-corrected chi connectivity index (χ1v) is 13.7.